The van der Waals surface area contributed by atoms with Crippen molar-refractivity contribution in [1.29, 1.82) is 0 Å². The zero-order chi connectivity index (χ0) is 24.3. The summed E-state index contributed by atoms with van der Waals surface area (Å²) in [4.78, 5) is 24.4. The number of carbonyl (C=O) groups is 2. The minimum Gasteiger partial charge on any atom is -0.434 e. The van der Waals surface area contributed by atoms with Gasteiger partial charge in [-0.05, 0) is 56.8 Å². The Morgan fingerprint density at radius 1 is 0.727 bits per heavy atom. The van der Waals surface area contributed by atoms with Gasteiger partial charge in [-0.3, -0.25) is 0 Å². The summed E-state index contributed by atoms with van der Waals surface area (Å²) in [5.41, 5.74) is 0. The van der Waals surface area contributed by atoms with Gasteiger partial charge in [0.15, 0.2) is 0 Å². The normalized spacial score (nSPS) is 19.2. The molecule has 0 aliphatic heterocycles. The van der Waals surface area contributed by atoms with Crippen LogP contribution in [0, 0.1) is 11.8 Å². The second kappa shape index (κ2) is 18.9. The molecule has 1 aliphatic rings. The zero-order valence-corrected chi connectivity index (χ0v) is 21.8. The lowest BCUT2D eigenvalue weighted by atomic mass is 9.94. The molecule has 1 rings (SSSR count). The maximum Gasteiger partial charge on any atom is 0.508 e. The van der Waals surface area contributed by atoms with Crippen molar-refractivity contribution >= 4 is 12.3 Å². The Labute approximate surface area is 202 Å². The van der Waals surface area contributed by atoms with Gasteiger partial charge in [0, 0.05) is 0 Å². The molecule has 3 unspecified atom stereocenters. The van der Waals surface area contributed by atoms with E-state index in [1.54, 1.807) is 0 Å². The Morgan fingerprint density at radius 2 is 1.33 bits per heavy atom. The third kappa shape index (κ3) is 15.1. The standard InChI is InChI=1S/C27H50O6/c1-5-7-10-17-23(15-6-2)21-31-27(29)33-25-19-13-12-18-24(25)32-26(28)30-20-14-9-8-11-16-22(3)4/h22-25H,5-21H2,1-4H3. The molecule has 6 heteroatoms. The largest absolute Gasteiger partial charge is 0.508 e. The Balaban J connectivity index is 2.30. The lowest BCUT2D eigenvalue weighted by molar-refractivity contribution is -0.0730. The zero-order valence-electron chi connectivity index (χ0n) is 21.8. The van der Waals surface area contributed by atoms with Crippen molar-refractivity contribution in [2.75, 3.05) is 13.2 Å². The molecule has 0 aromatic rings. The number of ether oxygens (including phenoxy) is 4. The monoisotopic (exact) mass is 470 g/mol. The topological polar surface area (TPSA) is 71.1 Å². The summed E-state index contributed by atoms with van der Waals surface area (Å²) in [6, 6.07) is 0. The highest BCUT2D eigenvalue weighted by Crippen LogP contribution is 2.25. The average Bonchev–Trinajstić information content (AvgIpc) is 2.78. The molecule has 1 aliphatic carbocycles. The third-order valence-electron chi connectivity index (χ3n) is 6.38. The van der Waals surface area contributed by atoms with E-state index in [0.717, 1.165) is 63.7 Å². The van der Waals surface area contributed by atoms with Gasteiger partial charge in [0.25, 0.3) is 0 Å². The van der Waals surface area contributed by atoms with Crippen LogP contribution in [0.3, 0.4) is 0 Å². The van der Waals surface area contributed by atoms with Gasteiger partial charge in [-0.15, -0.1) is 0 Å². The van der Waals surface area contributed by atoms with Crippen molar-refractivity contribution in [2.45, 2.75) is 136 Å². The van der Waals surface area contributed by atoms with Crippen LogP contribution in [0.4, 0.5) is 9.59 Å². The Bertz CT molecular complexity index is 507. The molecule has 3 atom stereocenters. The summed E-state index contributed by atoms with van der Waals surface area (Å²) in [5, 5.41) is 0. The molecular weight excluding hydrogens is 420 g/mol. The number of unbranched alkanes of at least 4 members (excludes halogenated alkanes) is 5. The minimum atomic E-state index is -0.662. The van der Waals surface area contributed by atoms with Crippen LogP contribution in [-0.2, 0) is 18.9 Å². The molecule has 194 valence electrons. The van der Waals surface area contributed by atoms with Crippen LogP contribution < -0.4 is 0 Å². The van der Waals surface area contributed by atoms with E-state index in [1.165, 1.54) is 25.7 Å². The first-order valence-corrected chi connectivity index (χ1v) is 13.6. The molecule has 0 bridgehead atoms. The van der Waals surface area contributed by atoms with Crippen molar-refractivity contribution in [1.82, 2.24) is 0 Å². The maximum absolute atomic E-state index is 12.3. The Kier molecular flexibility index (Phi) is 16.9. The van der Waals surface area contributed by atoms with Gasteiger partial charge < -0.3 is 18.9 Å². The van der Waals surface area contributed by atoms with Crippen molar-refractivity contribution in [2.24, 2.45) is 11.8 Å². The average molecular weight is 471 g/mol. The van der Waals surface area contributed by atoms with E-state index in [1.807, 2.05) is 0 Å². The molecule has 0 N–H and O–H groups in total. The lowest BCUT2D eigenvalue weighted by Gasteiger charge is -2.30. The maximum atomic E-state index is 12.3. The summed E-state index contributed by atoms with van der Waals surface area (Å²) in [6.07, 6.45) is 13.3. The molecule has 1 saturated carbocycles. The molecular formula is C27H50O6. The van der Waals surface area contributed by atoms with Gasteiger partial charge in [0.2, 0.25) is 0 Å². The van der Waals surface area contributed by atoms with Gasteiger partial charge >= 0.3 is 12.3 Å². The van der Waals surface area contributed by atoms with Gasteiger partial charge in [0.1, 0.15) is 12.2 Å². The molecule has 0 spiro atoms. The molecule has 33 heavy (non-hydrogen) atoms. The first-order valence-electron chi connectivity index (χ1n) is 13.6. The highest BCUT2D eigenvalue weighted by Gasteiger charge is 2.32. The van der Waals surface area contributed by atoms with E-state index in [-0.39, 0.29) is 0 Å². The summed E-state index contributed by atoms with van der Waals surface area (Å²) in [7, 11) is 0. The molecule has 0 saturated heterocycles. The van der Waals surface area contributed by atoms with Crippen LogP contribution >= 0.6 is 0 Å². The van der Waals surface area contributed by atoms with Gasteiger partial charge in [-0.1, -0.05) is 79.1 Å². The molecule has 1 fully saturated rings. The van der Waals surface area contributed by atoms with E-state index in [2.05, 4.69) is 27.7 Å². The van der Waals surface area contributed by atoms with Gasteiger partial charge in [-0.25, -0.2) is 9.59 Å². The first-order chi connectivity index (χ1) is 16.0. The summed E-state index contributed by atoms with van der Waals surface area (Å²) in [6.45, 7) is 9.58. The Morgan fingerprint density at radius 3 is 1.94 bits per heavy atom. The van der Waals surface area contributed by atoms with Crippen LogP contribution in [0.15, 0.2) is 0 Å². The lowest BCUT2D eigenvalue weighted by Crippen LogP contribution is -2.38. The highest BCUT2D eigenvalue weighted by atomic mass is 16.8. The van der Waals surface area contributed by atoms with E-state index in [4.69, 9.17) is 18.9 Å². The molecule has 0 amide bonds. The van der Waals surface area contributed by atoms with E-state index >= 15 is 0 Å². The first kappa shape index (κ1) is 29.6. The fourth-order valence-electron chi connectivity index (χ4n) is 4.40. The van der Waals surface area contributed by atoms with Crippen molar-refractivity contribution in [3.05, 3.63) is 0 Å². The van der Waals surface area contributed by atoms with E-state index < -0.39 is 24.5 Å². The molecule has 0 heterocycles. The van der Waals surface area contributed by atoms with Gasteiger partial charge in [0.05, 0.1) is 13.2 Å². The van der Waals surface area contributed by atoms with Crippen molar-refractivity contribution in [3.63, 3.8) is 0 Å². The molecule has 0 radical (unpaired) electrons. The minimum absolute atomic E-state index is 0.373. The van der Waals surface area contributed by atoms with Crippen LogP contribution in [0.1, 0.15) is 124 Å². The second-order valence-electron chi connectivity index (χ2n) is 10.0. The predicted octanol–water partition coefficient (Wildman–Crippen LogP) is 8.21. The summed E-state index contributed by atoms with van der Waals surface area (Å²) < 4.78 is 21.7. The van der Waals surface area contributed by atoms with Crippen molar-refractivity contribution < 1.29 is 28.5 Å². The van der Waals surface area contributed by atoms with Crippen molar-refractivity contribution in [3.8, 4) is 0 Å². The van der Waals surface area contributed by atoms with E-state index in [0.29, 0.717) is 32.0 Å². The van der Waals surface area contributed by atoms with Crippen LogP contribution in [0.2, 0.25) is 0 Å². The number of hydrogen-bond acceptors (Lipinski definition) is 6. The van der Waals surface area contributed by atoms with Crippen LogP contribution in [0.25, 0.3) is 0 Å². The van der Waals surface area contributed by atoms with Crippen LogP contribution in [-0.4, -0.2) is 37.7 Å². The molecule has 0 aromatic heterocycles. The fraction of sp³-hybridized carbons (Fsp3) is 0.926. The van der Waals surface area contributed by atoms with Gasteiger partial charge in [-0.2, -0.15) is 0 Å². The fourth-order valence-corrected chi connectivity index (χ4v) is 4.40. The predicted molar refractivity (Wildman–Crippen MR) is 131 cm³/mol. The molecule has 0 aromatic carbocycles. The SMILES string of the molecule is CCCCCC(CCC)COC(=O)OC1CCCCC1OC(=O)OCCCCCCC(C)C. The highest BCUT2D eigenvalue weighted by molar-refractivity contribution is 5.61. The number of hydrogen-bond donors (Lipinski definition) is 0. The van der Waals surface area contributed by atoms with Crippen LogP contribution in [0.5, 0.6) is 0 Å². The molecule has 6 nitrogen and oxygen atoms in total. The number of rotatable bonds is 17. The summed E-state index contributed by atoms with van der Waals surface area (Å²) in [5.74, 6) is 1.12. The quantitative estimate of drug-likeness (QED) is 0.157. The van der Waals surface area contributed by atoms with E-state index in [9.17, 15) is 9.59 Å². The third-order valence-corrected chi connectivity index (χ3v) is 6.38. The smallest absolute Gasteiger partial charge is 0.434 e. The summed E-state index contributed by atoms with van der Waals surface area (Å²) >= 11 is 0. The Hall–Kier alpha value is -1.46. The number of carbonyl (C=O) groups excluding carboxylic acids is 2. The second-order valence-corrected chi connectivity index (χ2v) is 10.0.